The van der Waals surface area contributed by atoms with E-state index >= 15 is 0 Å². The van der Waals surface area contributed by atoms with Crippen LogP contribution >= 0.6 is 0 Å². The van der Waals surface area contributed by atoms with Crippen molar-refractivity contribution < 1.29 is 4.74 Å². The number of unbranched alkanes of at least 4 members (excludes halogenated alkanes) is 23. The van der Waals surface area contributed by atoms with Crippen LogP contribution in [0.1, 0.15) is 174 Å². The predicted octanol–water partition coefficient (Wildman–Crippen LogP) is 11.0. The normalized spacial score (nSPS) is 11.4. The van der Waals surface area contributed by atoms with Gasteiger partial charge in [0.15, 0.2) is 0 Å². The largest absolute Gasteiger partial charge is 0.376 e. The summed E-state index contributed by atoms with van der Waals surface area (Å²) >= 11 is 0. The van der Waals surface area contributed by atoms with Gasteiger partial charge in [-0.05, 0) is 12.8 Å². The highest BCUT2D eigenvalue weighted by Crippen LogP contribution is 2.15. The van der Waals surface area contributed by atoms with Gasteiger partial charge in [0.05, 0.1) is 6.61 Å². The number of hydrogen-bond acceptors (Lipinski definition) is 1. The van der Waals surface area contributed by atoms with Gasteiger partial charge in [-0.25, -0.2) is 0 Å². The second-order valence-corrected chi connectivity index (χ2v) is 9.60. The van der Waals surface area contributed by atoms with E-state index in [1.807, 2.05) is 6.61 Å². The number of rotatable bonds is 27. The van der Waals surface area contributed by atoms with Crippen LogP contribution in [0.2, 0.25) is 0 Å². The first-order valence-electron chi connectivity index (χ1n) is 14.3. The predicted molar refractivity (Wildman–Crippen MR) is 137 cm³/mol. The lowest BCUT2D eigenvalue weighted by Gasteiger charge is -2.04. The third kappa shape index (κ3) is 28.0. The van der Waals surface area contributed by atoms with E-state index in [-0.39, 0.29) is 0 Å². The van der Waals surface area contributed by atoms with E-state index in [0.29, 0.717) is 0 Å². The Morgan fingerprint density at radius 3 is 1.00 bits per heavy atom. The monoisotopic (exact) mass is 423 g/mol. The number of hydrogen-bond donors (Lipinski definition) is 0. The van der Waals surface area contributed by atoms with Gasteiger partial charge < -0.3 is 4.74 Å². The molecule has 0 amide bonds. The topological polar surface area (TPSA) is 9.23 Å². The lowest BCUT2D eigenvalue weighted by atomic mass is 10.0. The molecule has 0 fully saturated rings. The van der Waals surface area contributed by atoms with Crippen LogP contribution in [0.3, 0.4) is 0 Å². The van der Waals surface area contributed by atoms with Gasteiger partial charge in [0.2, 0.25) is 0 Å². The Morgan fingerprint density at radius 1 is 0.367 bits per heavy atom. The smallest absolute Gasteiger partial charge is 0.0836 e. The summed E-state index contributed by atoms with van der Waals surface area (Å²) in [6.45, 7) is 7.46. The van der Waals surface area contributed by atoms with Gasteiger partial charge in [0, 0.05) is 6.61 Å². The first-order valence-corrected chi connectivity index (χ1v) is 14.3. The van der Waals surface area contributed by atoms with E-state index in [0.717, 1.165) is 13.0 Å². The molecule has 0 N–H and O–H groups in total. The van der Waals surface area contributed by atoms with Crippen molar-refractivity contribution in [2.45, 2.75) is 174 Å². The summed E-state index contributed by atoms with van der Waals surface area (Å²) in [7, 11) is 0. The maximum Gasteiger partial charge on any atom is 0.0836 e. The Balaban J connectivity index is 2.97. The summed E-state index contributed by atoms with van der Waals surface area (Å²) in [4.78, 5) is 0. The first-order chi connectivity index (χ1) is 14.9. The Morgan fingerprint density at radius 2 is 0.667 bits per heavy atom. The van der Waals surface area contributed by atoms with Crippen LogP contribution in [0.25, 0.3) is 0 Å². The average Bonchev–Trinajstić information content (AvgIpc) is 2.76. The molecule has 1 nitrogen and oxygen atoms in total. The maximum absolute atomic E-state index is 5.50. The fraction of sp³-hybridized carbons (Fsp3) is 0.966. The molecule has 0 saturated carbocycles. The average molecular weight is 424 g/mol. The van der Waals surface area contributed by atoms with Crippen molar-refractivity contribution >= 4 is 0 Å². The SMILES string of the molecule is CCCCCCCCCCCCCCCCCCCCCCCC[CH]OCCCC. The molecule has 0 aromatic heterocycles. The summed E-state index contributed by atoms with van der Waals surface area (Å²) < 4.78 is 5.50. The van der Waals surface area contributed by atoms with Crippen molar-refractivity contribution in [3.63, 3.8) is 0 Å². The van der Waals surface area contributed by atoms with Crippen LogP contribution in [0, 0.1) is 6.61 Å². The van der Waals surface area contributed by atoms with E-state index in [2.05, 4.69) is 13.8 Å². The summed E-state index contributed by atoms with van der Waals surface area (Å²) in [5.74, 6) is 0. The molecular weight excluding hydrogens is 364 g/mol. The summed E-state index contributed by atoms with van der Waals surface area (Å²) in [5.41, 5.74) is 0. The summed E-state index contributed by atoms with van der Waals surface area (Å²) in [6, 6.07) is 0. The Bertz CT molecular complexity index is 248. The summed E-state index contributed by atoms with van der Waals surface area (Å²) in [5, 5.41) is 0. The second-order valence-electron chi connectivity index (χ2n) is 9.60. The fourth-order valence-corrected chi connectivity index (χ4v) is 4.23. The molecule has 0 aliphatic rings. The molecular formula is C29H59O. The maximum atomic E-state index is 5.50. The third-order valence-corrected chi connectivity index (χ3v) is 6.41. The zero-order valence-electron chi connectivity index (χ0n) is 21.4. The molecule has 0 heterocycles. The minimum atomic E-state index is 0.913. The molecule has 0 rings (SSSR count). The van der Waals surface area contributed by atoms with Crippen LogP contribution in [0.5, 0.6) is 0 Å². The van der Waals surface area contributed by atoms with Crippen LogP contribution < -0.4 is 0 Å². The molecule has 0 aromatic carbocycles. The van der Waals surface area contributed by atoms with Gasteiger partial charge in [-0.2, -0.15) is 0 Å². The van der Waals surface area contributed by atoms with Crippen molar-refractivity contribution in [3.8, 4) is 0 Å². The van der Waals surface area contributed by atoms with Crippen LogP contribution in [-0.4, -0.2) is 6.61 Å². The highest BCUT2D eigenvalue weighted by atomic mass is 16.5. The Labute approximate surface area is 192 Å². The molecule has 181 valence electrons. The van der Waals surface area contributed by atoms with Crippen molar-refractivity contribution in [3.05, 3.63) is 6.61 Å². The molecule has 0 aromatic rings. The van der Waals surface area contributed by atoms with Gasteiger partial charge in [-0.1, -0.05) is 162 Å². The van der Waals surface area contributed by atoms with Gasteiger partial charge in [0.1, 0.15) is 0 Å². The van der Waals surface area contributed by atoms with E-state index in [9.17, 15) is 0 Å². The molecule has 1 radical (unpaired) electrons. The molecule has 0 unspecified atom stereocenters. The highest BCUT2D eigenvalue weighted by molar-refractivity contribution is 4.54. The highest BCUT2D eigenvalue weighted by Gasteiger charge is 1.96. The van der Waals surface area contributed by atoms with Gasteiger partial charge >= 0.3 is 0 Å². The van der Waals surface area contributed by atoms with Crippen LogP contribution in [0.4, 0.5) is 0 Å². The van der Waals surface area contributed by atoms with E-state index in [1.54, 1.807) is 0 Å². The summed E-state index contributed by atoms with van der Waals surface area (Å²) in [6.07, 6.45) is 35.5. The van der Waals surface area contributed by atoms with Crippen molar-refractivity contribution in [2.75, 3.05) is 6.61 Å². The molecule has 30 heavy (non-hydrogen) atoms. The van der Waals surface area contributed by atoms with Crippen molar-refractivity contribution in [1.82, 2.24) is 0 Å². The second kappa shape index (κ2) is 29.0. The Kier molecular flexibility index (Phi) is 28.9. The van der Waals surface area contributed by atoms with Gasteiger partial charge in [-0.3, -0.25) is 0 Å². The minimum Gasteiger partial charge on any atom is -0.376 e. The third-order valence-electron chi connectivity index (χ3n) is 6.41. The van der Waals surface area contributed by atoms with E-state index in [1.165, 1.54) is 154 Å². The zero-order valence-corrected chi connectivity index (χ0v) is 21.4. The Hall–Kier alpha value is -0.0400. The lowest BCUT2D eigenvalue weighted by molar-refractivity contribution is 0.185. The van der Waals surface area contributed by atoms with E-state index in [4.69, 9.17) is 4.74 Å². The standard InChI is InChI=1S/C29H59O/c1-3-5-7-8-9-10-11-12-13-14-15-16-17-18-19-20-21-22-23-24-25-26-27-29-30-28-6-4-2/h29H,3-28H2,1-2H3. The zero-order chi connectivity index (χ0) is 21.8. The van der Waals surface area contributed by atoms with Crippen LogP contribution in [-0.2, 0) is 4.74 Å². The molecule has 1 heteroatoms. The lowest BCUT2D eigenvalue weighted by Crippen LogP contribution is -1.91. The molecule has 0 saturated heterocycles. The minimum absolute atomic E-state index is 0.913. The molecule has 0 bridgehead atoms. The molecule has 0 atom stereocenters. The molecule has 0 spiro atoms. The quantitative estimate of drug-likeness (QED) is 0.119. The van der Waals surface area contributed by atoms with E-state index < -0.39 is 0 Å². The number of ether oxygens (including phenoxy) is 1. The first kappa shape index (κ1) is 30.0. The van der Waals surface area contributed by atoms with Crippen LogP contribution in [0.15, 0.2) is 0 Å². The van der Waals surface area contributed by atoms with Gasteiger partial charge in [0.25, 0.3) is 0 Å². The van der Waals surface area contributed by atoms with Crippen molar-refractivity contribution in [2.24, 2.45) is 0 Å². The fourth-order valence-electron chi connectivity index (χ4n) is 4.23. The van der Waals surface area contributed by atoms with Gasteiger partial charge in [-0.15, -0.1) is 0 Å². The molecule has 0 aliphatic carbocycles. The molecule has 0 aliphatic heterocycles. The van der Waals surface area contributed by atoms with Crippen molar-refractivity contribution in [1.29, 1.82) is 0 Å².